The first-order chi connectivity index (χ1) is 6.24. The third-order valence-electron chi connectivity index (χ3n) is 1.86. The molecule has 13 heavy (non-hydrogen) atoms. The smallest absolute Gasteiger partial charge is 0.0673 e. The Balaban J connectivity index is 0. The summed E-state index contributed by atoms with van der Waals surface area (Å²) in [6, 6.07) is 0. The normalized spacial score (nSPS) is 12.2. The quantitative estimate of drug-likeness (QED) is 0.637. The van der Waals surface area contributed by atoms with E-state index in [0.717, 1.165) is 26.2 Å². The lowest BCUT2D eigenvalue weighted by molar-refractivity contribution is 0.0482. The Bertz CT molecular complexity index is 82.2. The molecule has 0 aromatic carbocycles. The van der Waals surface area contributed by atoms with Crippen molar-refractivity contribution in [1.29, 1.82) is 0 Å². The minimum atomic E-state index is 0.375. The number of nitrogens with zero attached hydrogens (tertiary/aromatic N) is 1. The van der Waals surface area contributed by atoms with Crippen LogP contribution in [0.3, 0.4) is 0 Å². The minimum absolute atomic E-state index is 0.375. The fourth-order valence-corrected chi connectivity index (χ4v) is 1.18. The third kappa shape index (κ3) is 9.84. The Morgan fingerprint density at radius 2 is 1.54 bits per heavy atom. The zero-order valence-electron chi connectivity index (χ0n) is 10.3. The number of hydrogen-bond acceptors (Lipinski definition) is 2. The predicted octanol–water partition coefficient (Wildman–Crippen LogP) is 2.78. The van der Waals surface area contributed by atoms with Crippen LogP contribution in [0, 0.1) is 0 Å². The number of hydrogen-bond donors (Lipinski definition) is 0. The van der Waals surface area contributed by atoms with Crippen molar-refractivity contribution in [2.45, 2.75) is 47.6 Å². The van der Waals surface area contributed by atoms with Gasteiger partial charge in [-0.05, 0) is 26.9 Å². The molecule has 1 atom stereocenters. The van der Waals surface area contributed by atoms with Gasteiger partial charge in [-0.3, -0.25) is 0 Å². The SMILES string of the molecule is CC.CCO[C@H](C)CN(CC)CC. The maximum absolute atomic E-state index is 5.43. The molecule has 0 aromatic heterocycles. The van der Waals surface area contributed by atoms with Crippen molar-refractivity contribution in [2.75, 3.05) is 26.2 Å². The van der Waals surface area contributed by atoms with Gasteiger partial charge in [-0.15, -0.1) is 0 Å². The Morgan fingerprint density at radius 3 is 1.85 bits per heavy atom. The lowest BCUT2D eigenvalue weighted by Crippen LogP contribution is -2.32. The fraction of sp³-hybridized carbons (Fsp3) is 1.00. The zero-order chi connectivity index (χ0) is 10.7. The standard InChI is InChI=1S/C9H21NO.C2H6/c1-5-10(6-2)8-9(4)11-7-3;1-2/h9H,5-8H2,1-4H3;1-2H3/t9-;/m1./s1. The van der Waals surface area contributed by atoms with Gasteiger partial charge in [0.1, 0.15) is 0 Å². The van der Waals surface area contributed by atoms with Crippen molar-refractivity contribution < 1.29 is 4.74 Å². The van der Waals surface area contributed by atoms with E-state index in [0.29, 0.717) is 6.10 Å². The number of ether oxygens (including phenoxy) is 1. The molecule has 0 N–H and O–H groups in total. The van der Waals surface area contributed by atoms with E-state index in [-0.39, 0.29) is 0 Å². The van der Waals surface area contributed by atoms with Crippen LogP contribution >= 0.6 is 0 Å². The van der Waals surface area contributed by atoms with Crippen molar-refractivity contribution in [3.8, 4) is 0 Å². The highest BCUT2D eigenvalue weighted by Crippen LogP contribution is 1.95. The van der Waals surface area contributed by atoms with Crippen molar-refractivity contribution in [3.05, 3.63) is 0 Å². The second-order valence-corrected chi connectivity index (χ2v) is 2.75. The summed E-state index contributed by atoms with van der Waals surface area (Å²) in [4.78, 5) is 2.38. The Hall–Kier alpha value is -0.0800. The molecule has 2 heteroatoms. The van der Waals surface area contributed by atoms with Crippen molar-refractivity contribution >= 4 is 0 Å². The highest BCUT2D eigenvalue weighted by atomic mass is 16.5. The molecule has 0 unspecified atom stereocenters. The van der Waals surface area contributed by atoms with Crippen LogP contribution in [0.2, 0.25) is 0 Å². The van der Waals surface area contributed by atoms with Gasteiger partial charge in [0.2, 0.25) is 0 Å². The molecule has 0 aliphatic heterocycles. The number of rotatable bonds is 6. The number of likely N-dealkylation sites (N-methyl/N-ethyl adjacent to an activating group) is 1. The van der Waals surface area contributed by atoms with Crippen LogP contribution in [0.25, 0.3) is 0 Å². The lowest BCUT2D eigenvalue weighted by Gasteiger charge is -2.22. The summed E-state index contributed by atoms with van der Waals surface area (Å²) >= 11 is 0. The van der Waals surface area contributed by atoms with E-state index >= 15 is 0 Å². The van der Waals surface area contributed by atoms with Gasteiger partial charge >= 0.3 is 0 Å². The van der Waals surface area contributed by atoms with Crippen molar-refractivity contribution in [2.24, 2.45) is 0 Å². The summed E-state index contributed by atoms with van der Waals surface area (Å²) in [6.07, 6.45) is 0.375. The molecule has 0 aliphatic rings. The van der Waals surface area contributed by atoms with Crippen LogP contribution < -0.4 is 0 Å². The molecule has 82 valence electrons. The zero-order valence-corrected chi connectivity index (χ0v) is 10.3. The van der Waals surface area contributed by atoms with E-state index in [1.54, 1.807) is 0 Å². The van der Waals surface area contributed by atoms with Crippen molar-refractivity contribution in [3.63, 3.8) is 0 Å². The lowest BCUT2D eigenvalue weighted by atomic mass is 10.3. The molecule has 0 radical (unpaired) electrons. The van der Waals surface area contributed by atoms with Crippen molar-refractivity contribution in [1.82, 2.24) is 4.90 Å². The van der Waals surface area contributed by atoms with E-state index in [9.17, 15) is 0 Å². The second-order valence-electron chi connectivity index (χ2n) is 2.75. The fourth-order valence-electron chi connectivity index (χ4n) is 1.18. The summed E-state index contributed by atoms with van der Waals surface area (Å²) < 4.78 is 5.43. The molecule has 0 saturated heterocycles. The monoisotopic (exact) mass is 189 g/mol. The topological polar surface area (TPSA) is 12.5 Å². The highest BCUT2D eigenvalue weighted by Gasteiger charge is 2.05. The molecule has 0 aliphatic carbocycles. The second kappa shape index (κ2) is 11.9. The summed E-state index contributed by atoms with van der Waals surface area (Å²) in [5, 5.41) is 0. The van der Waals surface area contributed by atoms with Gasteiger partial charge < -0.3 is 9.64 Å². The van der Waals surface area contributed by atoms with Gasteiger partial charge in [0.05, 0.1) is 6.10 Å². The minimum Gasteiger partial charge on any atom is -0.377 e. The summed E-state index contributed by atoms with van der Waals surface area (Å²) in [7, 11) is 0. The van der Waals surface area contributed by atoms with E-state index in [2.05, 4.69) is 25.7 Å². The van der Waals surface area contributed by atoms with E-state index in [1.807, 2.05) is 20.8 Å². The van der Waals surface area contributed by atoms with Gasteiger partial charge in [0.25, 0.3) is 0 Å². The Labute approximate surface area is 84.3 Å². The van der Waals surface area contributed by atoms with Crippen LogP contribution in [-0.2, 0) is 4.74 Å². The van der Waals surface area contributed by atoms with E-state index < -0.39 is 0 Å². The first-order valence-electron chi connectivity index (χ1n) is 5.58. The molecular weight excluding hydrogens is 162 g/mol. The average Bonchev–Trinajstić information content (AvgIpc) is 2.18. The Morgan fingerprint density at radius 1 is 1.08 bits per heavy atom. The van der Waals surface area contributed by atoms with E-state index in [4.69, 9.17) is 4.74 Å². The van der Waals surface area contributed by atoms with Crippen LogP contribution in [-0.4, -0.2) is 37.2 Å². The largest absolute Gasteiger partial charge is 0.377 e. The molecule has 0 fully saturated rings. The molecule has 0 rings (SSSR count). The summed E-state index contributed by atoms with van der Waals surface area (Å²) in [6.45, 7) is 16.6. The third-order valence-corrected chi connectivity index (χ3v) is 1.86. The maximum atomic E-state index is 5.43. The van der Waals surface area contributed by atoms with Gasteiger partial charge in [-0.25, -0.2) is 0 Å². The first-order valence-corrected chi connectivity index (χ1v) is 5.58. The summed E-state index contributed by atoms with van der Waals surface area (Å²) in [5.74, 6) is 0. The molecule has 0 saturated carbocycles. The van der Waals surface area contributed by atoms with Crippen LogP contribution in [0.4, 0.5) is 0 Å². The molecule has 0 bridgehead atoms. The molecule has 0 spiro atoms. The van der Waals surface area contributed by atoms with Gasteiger partial charge in [0, 0.05) is 13.2 Å². The van der Waals surface area contributed by atoms with Crippen LogP contribution in [0.15, 0.2) is 0 Å². The first kappa shape index (κ1) is 15.4. The van der Waals surface area contributed by atoms with E-state index in [1.165, 1.54) is 0 Å². The van der Waals surface area contributed by atoms with Gasteiger partial charge in [-0.1, -0.05) is 27.7 Å². The van der Waals surface area contributed by atoms with Gasteiger partial charge in [0.15, 0.2) is 0 Å². The molecule has 0 amide bonds. The average molecular weight is 189 g/mol. The van der Waals surface area contributed by atoms with Gasteiger partial charge in [-0.2, -0.15) is 0 Å². The molecule has 0 aromatic rings. The highest BCUT2D eigenvalue weighted by molar-refractivity contribution is 4.58. The predicted molar refractivity (Wildman–Crippen MR) is 60.2 cm³/mol. The summed E-state index contributed by atoms with van der Waals surface area (Å²) in [5.41, 5.74) is 0. The van der Waals surface area contributed by atoms with Crippen LogP contribution in [0.5, 0.6) is 0 Å². The maximum Gasteiger partial charge on any atom is 0.0673 e. The molecular formula is C11H27NO. The molecule has 2 nitrogen and oxygen atoms in total. The Kier molecular flexibility index (Phi) is 14.1. The van der Waals surface area contributed by atoms with Crippen LogP contribution in [0.1, 0.15) is 41.5 Å². The molecule has 0 heterocycles.